The Morgan fingerprint density at radius 1 is 0.808 bits per heavy atom. The van der Waals surface area contributed by atoms with Crippen molar-refractivity contribution in [3.8, 4) is 5.69 Å². The van der Waals surface area contributed by atoms with Crippen molar-refractivity contribution in [1.82, 2.24) is 4.57 Å². The first kappa shape index (κ1) is 16.2. The number of rotatable bonds is 4. The molecule has 0 unspecified atom stereocenters. The fourth-order valence-electron chi connectivity index (χ4n) is 3.10. The molecule has 0 radical (unpaired) electrons. The molecule has 4 aromatic rings. The minimum atomic E-state index is 0.985. The molecule has 0 fully saturated rings. The molecule has 3 nitrogen and oxygen atoms in total. The third-order valence-corrected chi connectivity index (χ3v) is 4.53. The van der Waals surface area contributed by atoms with E-state index in [1.54, 1.807) is 0 Å². The second-order valence-corrected chi connectivity index (χ2v) is 6.47. The molecule has 0 saturated heterocycles. The third kappa shape index (κ3) is 3.11. The Morgan fingerprint density at radius 3 is 2.38 bits per heavy atom. The van der Waals surface area contributed by atoms with Gasteiger partial charge in [0.25, 0.3) is 0 Å². The quantitative estimate of drug-likeness (QED) is 0.453. The minimum Gasteiger partial charge on any atom is -0.378 e. The van der Waals surface area contributed by atoms with E-state index in [9.17, 15) is 0 Å². The van der Waals surface area contributed by atoms with E-state index in [4.69, 9.17) is 4.99 Å². The van der Waals surface area contributed by atoms with Crippen LogP contribution in [0.4, 0.5) is 11.4 Å². The average molecular weight is 339 g/mol. The van der Waals surface area contributed by atoms with E-state index in [-0.39, 0.29) is 0 Å². The summed E-state index contributed by atoms with van der Waals surface area (Å²) in [7, 11) is 4.10. The number of hydrogen-bond donors (Lipinski definition) is 0. The number of aromatic nitrogens is 1. The zero-order valence-electron chi connectivity index (χ0n) is 15.0. The highest BCUT2D eigenvalue weighted by Crippen LogP contribution is 2.25. The lowest BCUT2D eigenvalue weighted by Crippen LogP contribution is -2.08. The maximum atomic E-state index is 4.75. The number of aliphatic imine (C=N–C) groups is 1. The lowest BCUT2D eigenvalue weighted by atomic mass is 10.1. The number of nitrogens with zero attached hydrogens (tertiary/aromatic N) is 3. The highest BCUT2D eigenvalue weighted by Gasteiger charge is 2.03. The summed E-state index contributed by atoms with van der Waals surface area (Å²) in [5.74, 6) is 0. The SMILES string of the molecule is CN(C)c1ccc(-n2cccc2C=Nc2cccc3ccccc23)cc1. The van der Waals surface area contributed by atoms with Crippen LogP contribution in [0.1, 0.15) is 5.69 Å². The van der Waals surface area contributed by atoms with Crippen molar-refractivity contribution in [1.29, 1.82) is 0 Å². The van der Waals surface area contributed by atoms with E-state index in [0.717, 1.165) is 17.1 Å². The maximum Gasteiger partial charge on any atom is 0.0708 e. The van der Waals surface area contributed by atoms with Crippen LogP contribution in [0, 0.1) is 0 Å². The van der Waals surface area contributed by atoms with Gasteiger partial charge in [-0.15, -0.1) is 0 Å². The Balaban J connectivity index is 1.68. The molecule has 1 aromatic heterocycles. The lowest BCUT2D eigenvalue weighted by Gasteiger charge is -2.13. The van der Waals surface area contributed by atoms with Gasteiger partial charge in [-0.05, 0) is 47.9 Å². The van der Waals surface area contributed by atoms with Crippen molar-refractivity contribution in [3.63, 3.8) is 0 Å². The van der Waals surface area contributed by atoms with Gasteiger partial charge in [-0.3, -0.25) is 4.99 Å². The first-order valence-electron chi connectivity index (χ1n) is 8.69. The zero-order chi connectivity index (χ0) is 17.9. The van der Waals surface area contributed by atoms with Gasteiger partial charge in [0.05, 0.1) is 17.6 Å². The van der Waals surface area contributed by atoms with Crippen LogP contribution in [-0.4, -0.2) is 24.9 Å². The number of fused-ring (bicyclic) bond motifs is 1. The van der Waals surface area contributed by atoms with Gasteiger partial charge in [-0.25, -0.2) is 0 Å². The molecular formula is C23H21N3. The summed E-state index contributed by atoms with van der Waals surface area (Å²) in [6.07, 6.45) is 4.00. The van der Waals surface area contributed by atoms with Crippen LogP contribution in [0.2, 0.25) is 0 Å². The summed E-state index contributed by atoms with van der Waals surface area (Å²) in [5, 5.41) is 2.37. The second kappa shape index (κ2) is 6.89. The Morgan fingerprint density at radius 2 is 1.58 bits per heavy atom. The number of hydrogen-bond acceptors (Lipinski definition) is 2. The second-order valence-electron chi connectivity index (χ2n) is 6.47. The van der Waals surface area contributed by atoms with Crippen molar-refractivity contribution >= 4 is 28.4 Å². The van der Waals surface area contributed by atoms with Crippen LogP contribution < -0.4 is 4.90 Å². The standard InChI is InChI=1S/C23H21N3/c1-25(2)19-12-14-20(15-13-19)26-16-6-9-21(26)17-24-23-11-5-8-18-7-3-4-10-22(18)23/h3-17H,1-2H3. The van der Waals surface area contributed by atoms with Crippen molar-refractivity contribution in [3.05, 3.63) is 90.8 Å². The molecule has 26 heavy (non-hydrogen) atoms. The normalized spacial score (nSPS) is 11.3. The highest BCUT2D eigenvalue weighted by atomic mass is 15.1. The summed E-state index contributed by atoms with van der Waals surface area (Å²) in [6, 6.07) is 27.2. The monoisotopic (exact) mass is 339 g/mol. The third-order valence-electron chi connectivity index (χ3n) is 4.53. The molecule has 1 heterocycles. The maximum absolute atomic E-state index is 4.75. The minimum absolute atomic E-state index is 0.985. The Labute approximate surface area is 153 Å². The predicted molar refractivity (Wildman–Crippen MR) is 111 cm³/mol. The molecule has 0 aliphatic carbocycles. The van der Waals surface area contributed by atoms with Crippen molar-refractivity contribution in [2.75, 3.05) is 19.0 Å². The van der Waals surface area contributed by atoms with Gasteiger partial charge in [-0.1, -0.05) is 36.4 Å². The zero-order valence-corrected chi connectivity index (χ0v) is 15.0. The van der Waals surface area contributed by atoms with Crippen molar-refractivity contribution in [2.24, 2.45) is 4.99 Å². The summed E-state index contributed by atoms with van der Waals surface area (Å²) in [6.45, 7) is 0. The summed E-state index contributed by atoms with van der Waals surface area (Å²) >= 11 is 0. The molecule has 0 bridgehead atoms. The number of anilines is 1. The van der Waals surface area contributed by atoms with Gasteiger partial charge >= 0.3 is 0 Å². The molecular weight excluding hydrogens is 318 g/mol. The molecule has 0 atom stereocenters. The van der Waals surface area contributed by atoms with Gasteiger partial charge in [0, 0.05) is 37.1 Å². The first-order valence-corrected chi connectivity index (χ1v) is 8.69. The lowest BCUT2D eigenvalue weighted by molar-refractivity contribution is 1.06. The van der Waals surface area contributed by atoms with Gasteiger partial charge < -0.3 is 9.47 Å². The van der Waals surface area contributed by atoms with E-state index in [2.05, 4.69) is 82.4 Å². The molecule has 0 amide bonds. The van der Waals surface area contributed by atoms with E-state index < -0.39 is 0 Å². The van der Waals surface area contributed by atoms with Gasteiger partial charge in [0.1, 0.15) is 0 Å². The molecule has 0 aliphatic rings. The molecule has 0 aliphatic heterocycles. The molecule has 3 heteroatoms. The summed E-state index contributed by atoms with van der Waals surface area (Å²) < 4.78 is 2.15. The van der Waals surface area contributed by atoms with Crippen LogP contribution in [0.15, 0.2) is 90.1 Å². The van der Waals surface area contributed by atoms with Gasteiger partial charge in [0.2, 0.25) is 0 Å². The molecule has 0 N–H and O–H groups in total. The van der Waals surface area contributed by atoms with Gasteiger partial charge in [0.15, 0.2) is 0 Å². The molecule has 4 rings (SSSR count). The highest BCUT2D eigenvalue weighted by molar-refractivity contribution is 5.95. The predicted octanol–water partition coefficient (Wildman–Crippen LogP) is 5.45. The summed E-state index contributed by atoms with van der Waals surface area (Å²) in [5.41, 5.74) is 4.35. The van der Waals surface area contributed by atoms with Crippen LogP contribution in [0.5, 0.6) is 0 Å². The van der Waals surface area contributed by atoms with Crippen molar-refractivity contribution < 1.29 is 0 Å². The van der Waals surface area contributed by atoms with Crippen molar-refractivity contribution in [2.45, 2.75) is 0 Å². The molecule has 0 spiro atoms. The van der Waals surface area contributed by atoms with E-state index in [1.807, 2.05) is 32.4 Å². The molecule has 128 valence electrons. The smallest absolute Gasteiger partial charge is 0.0708 e. The first-order chi connectivity index (χ1) is 12.7. The average Bonchev–Trinajstić information content (AvgIpc) is 3.15. The molecule has 3 aromatic carbocycles. The van der Waals surface area contributed by atoms with Gasteiger partial charge in [-0.2, -0.15) is 0 Å². The Kier molecular flexibility index (Phi) is 4.28. The van der Waals surface area contributed by atoms with E-state index in [0.29, 0.717) is 0 Å². The Bertz CT molecular complexity index is 1050. The van der Waals surface area contributed by atoms with Crippen LogP contribution in [-0.2, 0) is 0 Å². The topological polar surface area (TPSA) is 20.5 Å². The largest absolute Gasteiger partial charge is 0.378 e. The van der Waals surface area contributed by atoms with E-state index >= 15 is 0 Å². The molecule has 0 saturated carbocycles. The fraction of sp³-hybridized carbons (Fsp3) is 0.0870. The van der Waals surface area contributed by atoms with E-state index in [1.165, 1.54) is 16.5 Å². The van der Waals surface area contributed by atoms with Crippen LogP contribution >= 0.6 is 0 Å². The number of benzene rings is 3. The Hall–Kier alpha value is -3.33. The fourth-order valence-corrected chi connectivity index (χ4v) is 3.10. The summed E-state index contributed by atoms with van der Waals surface area (Å²) in [4.78, 5) is 6.85. The van der Waals surface area contributed by atoms with Crippen LogP contribution in [0.3, 0.4) is 0 Å². The van der Waals surface area contributed by atoms with Crippen LogP contribution in [0.25, 0.3) is 16.5 Å².